The van der Waals surface area contributed by atoms with Crippen LogP contribution < -0.4 is 16.0 Å². The molecule has 0 saturated carbocycles. The molecule has 2 aliphatic heterocycles. The fourth-order valence-corrected chi connectivity index (χ4v) is 3.43. The number of nitrogens with zero attached hydrogens (tertiary/aromatic N) is 2. The van der Waals surface area contributed by atoms with E-state index >= 15 is 0 Å². The number of anilines is 1. The molecule has 0 aromatic carbocycles. The number of amides is 3. The number of aromatic nitrogens is 2. The van der Waals surface area contributed by atoms with E-state index < -0.39 is 0 Å². The maximum absolute atomic E-state index is 12.1. The topological polar surface area (TPSA) is 111 Å². The molecule has 4 heterocycles. The van der Waals surface area contributed by atoms with E-state index in [1.807, 2.05) is 12.1 Å². The molecule has 4 N–H and O–H groups in total. The smallest absolute Gasteiger partial charge is 0.320 e. The summed E-state index contributed by atoms with van der Waals surface area (Å²) in [4.78, 5) is 33.8. The number of aromatic amines is 1. The second-order valence-electron chi connectivity index (χ2n) is 6.85. The summed E-state index contributed by atoms with van der Waals surface area (Å²) in [7, 11) is 0. The second-order valence-corrected chi connectivity index (χ2v) is 6.85. The first-order valence-corrected chi connectivity index (χ1v) is 9.50. The van der Waals surface area contributed by atoms with Gasteiger partial charge in [-0.3, -0.25) is 15.0 Å². The van der Waals surface area contributed by atoms with Crippen LogP contribution in [0.3, 0.4) is 0 Å². The Kier molecular flexibility index (Phi) is 5.54. The first-order chi connectivity index (χ1) is 13.7. The Bertz CT molecular complexity index is 859. The van der Waals surface area contributed by atoms with Gasteiger partial charge in [-0.05, 0) is 18.2 Å². The van der Waals surface area contributed by atoms with Crippen LogP contribution in [0.5, 0.6) is 0 Å². The predicted octanol–water partition coefficient (Wildman–Crippen LogP) is 0.816. The number of H-pyrrole nitrogens is 1. The second kappa shape index (κ2) is 8.41. The molecule has 148 valence electrons. The zero-order valence-corrected chi connectivity index (χ0v) is 15.6. The Morgan fingerprint density at radius 1 is 1.29 bits per heavy atom. The average Bonchev–Trinajstić information content (AvgIpc) is 3.15. The van der Waals surface area contributed by atoms with E-state index in [2.05, 4.69) is 30.8 Å². The van der Waals surface area contributed by atoms with Gasteiger partial charge in [0.25, 0.3) is 5.91 Å². The maximum Gasteiger partial charge on any atom is 0.320 e. The molecule has 0 aliphatic carbocycles. The number of fused-ring (bicyclic) bond motifs is 1. The third-order valence-electron chi connectivity index (χ3n) is 4.93. The summed E-state index contributed by atoms with van der Waals surface area (Å²) in [6.45, 7) is 5.26. The molecule has 9 nitrogen and oxygen atoms in total. The van der Waals surface area contributed by atoms with Crippen LogP contribution in [0.1, 0.15) is 16.1 Å². The lowest BCUT2D eigenvalue weighted by atomic mass is 10.1. The molecule has 28 heavy (non-hydrogen) atoms. The normalized spacial score (nSPS) is 16.9. The molecule has 1 saturated heterocycles. The molecule has 9 heteroatoms. The van der Waals surface area contributed by atoms with Crippen molar-refractivity contribution in [3.05, 3.63) is 35.7 Å². The largest absolute Gasteiger partial charge is 0.379 e. The molecular weight excluding hydrogens is 360 g/mol. The van der Waals surface area contributed by atoms with Gasteiger partial charge >= 0.3 is 6.03 Å². The number of urea groups is 1. The summed E-state index contributed by atoms with van der Waals surface area (Å²) < 4.78 is 5.31. The standard InChI is InChI=1S/C19H24N6O3/c26-18-14-12-16(23-15(14)2-4-21-18)13-1-3-20-17(11-13)24-19(27)22-5-6-25-7-9-28-10-8-25/h1,3,11-12,23H,2,4-10H2,(H,21,26)(H2,20,22,24,27). The van der Waals surface area contributed by atoms with E-state index in [9.17, 15) is 9.59 Å². The third kappa shape index (κ3) is 4.32. The van der Waals surface area contributed by atoms with Crippen LogP contribution in [0.2, 0.25) is 0 Å². The molecule has 2 aromatic heterocycles. The molecule has 0 radical (unpaired) electrons. The highest BCUT2D eigenvalue weighted by molar-refractivity contribution is 5.98. The number of carbonyl (C=O) groups is 2. The summed E-state index contributed by atoms with van der Waals surface area (Å²) >= 11 is 0. The number of hydrogen-bond acceptors (Lipinski definition) is 5. The van der Waals surface area contributed by atoms with E-state index in [1.54, 1.807) is 12.3 Å². The fraction of sp³-hybridized carbons (Fsp3) is 0.421. The summed E-state index contributed by atoms with van der Waals surface area (Å²) in [5.74, 6) is 0.397. The van der Waals surface area contributed by atoms with Gasteiger partial charge in [0.15, 0.2) is 0 Å². The van der Waals surface area contributed by atoms with Crippen LogP contribution in [0.25, 0.3) is 11.3 Å². The van der Waals surface area contributed by atoms with E-state index in [0.29, 0.717) is 24.5 Å². The van der Waals surface area contributed by atoms with Crippen molar-refractivity contribution < 1.29 is 14.3 Å². The number of hydrogen-bond donors (Lipinski definition) is 4. The molecular formula is C19H24N6O3. The molecule has 0 atom stereocenters. The molecule has 4 rings (SSSR count). The Morgan fingerprint density at radius 3 is 2.96 bits per heavy atom. The Labute approximate surface area is 162 Å². The molecule has 3 amide bonds. The van der Waals surface area contributed by atoms with Crippen LogP contribution in [0, 0.1) is 0 Å². The van der Waals surface area contributed by atoms with Crippen LogP contribution in [0.4, 0.5) is 10.6 Å². The number of nitrogens with one attached hydrogen (secondary N) is 4. The quantitative estimate of drug-likeness (QED) is 0.610. The zero-order valence-electron chi connectivity index (χ0n) is 15.6. The van der Waals surface area contributed by atoms with Crippen molar-refractivity contribution in [1.82, 2.24) is 25.5 Å². The van der Waals surface area contributed by atoms with Crippen molar-refractivity contribution in [2.75, 3.05) is 51.3 Å². The molecule has 0 unspecified atom stereocenters. The number of carbonyl (C=O) groups excluding carboxylic acids is 2. The van der Waals surface area contributed by atoms with E-state index in [0.717, 1.165) is 56.2 Å². The molecule has 0 spiro atoms. The summed E-state index contributed by atoms with van der Waals surface area (Å²) in [6, 6.07) is 5.18. The summed E-state index contributed by atoms with van der Waals surface area (Å²) in [5.41, 5.74) is 3.31. The van der Waals surface area contributed by atoms with Crippen molar-refractivity contribution in [3.8, 4) is 11.3 Å². The van der Waals surface area contributed by atoms with Crippen molar-refractivity contribution in [2.45, 2.75) is 6.42 Å². The Balaban J connectivity index is 1.34. The van der Waals surface area contributed by atoms with Crippen molar-refractivity contribution in [3.63, 3.8) is 0 Å². The average molecular weight is 384 g/mol. The summed E-state index contributed by atoms with van der Waals surface area (Å²) in [5, 5.41) is 8.45. The van der Waals surface area contributed by atoms with Crippen LogP contribution in [-0.4, -0.2) is 72.7 Å². The number of morpholine rings is 1. The molecule has 0 bridgehead atoms. The van der Waals surface area contributed by atoms with E-state index in [4.69, 9.17) is 4.74 Å². The van der Waals surface area contributed by atoms with Crippen molar-refractivity contribution >= 4 is 17.8 Å². The SMILES string of the molecule is O=C(NCCN1CCOCC1)Nc1cc(-c2cc3c([nH]2)CCNC3=O)ccn1. The first-order valence-electron chi connectivity index (χ1n) is 9.50. The highest BCUT2D eigenvalue weighted by Crippen LogP contribution is 2.25. The van der Waals surface area contributed by atoms with Gasteiger partial charge in [0.1, 0.15) is 5.82 Å². The van der Waals surface area contributed by atoms with Crippen molar-refractivity contribution in [2.24, 2.45) is 0 Å². The Morgan fingerprint density at radius 2 is 2.14 bits per heavy atom. The van der Waals surface area contributed by atoms with Gasteiger partial charge in [-0.2, -0.15) is 0 Å². The monoisotopic (exact) mass is 384 g/mol. The Hall–Kier alpha value is -2.91. The van der Waals surface area contributed by atoms with E-state index in [-0.39, 0.29) is 11.9 Å². The highest BCUT2D eigenvalue weighted by Gasteiger charge is 2.20. The number of ether oxygens (including phenoxy) is 1. The van der Waals surface area contributed by atoms with Gasteiger partial charge in [-0.25, -0.2) is 9.78 Å². The van der Waals surface area contributed by atoms with Gasteiger partial charge in [0.2, 0.25) is 0 Å². The van der Waals surface area contributed by atoms with Crippen molar-refractivity contribution in [1.29, 1.82) is 0 Å². The predicted molar refractivity (Wildman–Crippen MR) is 104 cm³/mol. The summed E-state index contributed by atoms with van der Waals surface area (Å²) in [6.07, 6.45) is 2.42. The maximum atomic E-state index is 12.1. The molecule has 1 fully saturated rings. The minimum absolute atomic E-state index is 0.0594. The van der Waals surface area contributed by atoms with Crippen LogP contribution >= 0.6 is 0 Å². The zero-order chi connectivity index (χ0) is 19.3. The van der Waals surface area contributed by atoms with E-state index in [1.165, 1.54) is 0 Å². The number of rotatable bonds is 5. The first kappa shape index (κ1) is 18.5. The lowest BCUT2D eigenvalue weighted by molar-refractivity contribution is 0.0388. The van der Waals surface area contributed by atoms with Gasteiger partial charge in [-0.15, -0.1) is 0 Å². The van der Waals surface area contributed by atoms with Gasteiger partial charge in [-0.1, -0.05) is 0 Å². The van der Waals surface area contributed by atoms with Gasteiger partial charge < -0.3 is 20.4 Å². The minimum Gasteiger partial charge on any atom is -0.379 e. The highest BCUT2D eigenvalue weighted by atomic mass is 16.5. The van der Waals surface area contributed by atoms with Crippen LogP contribution in [-0.2, 0) is 11.2 Å². The fourth-order valence-electron chi connectivity index (χ4n) is 3.43. The lowest BCUT2D eigenvalue weighted by Gasteiger charge is -2.26. The molecule has 2 aliphatic rings. The number of pyridine rings is 1. The van der Waals surface area contributed by atoms with Gasteiger partial charge in [0, 0.05) is 62.3 Å². The third-order valence-corrected chi connectivity index (χ3v) is 4.93. The van der Waals surface area contributed by atoms with Crippen LogP contribution in [0.15, 0.2) is 24.4 Å². The minimum atomic E-state index is -0.289. The van der Waals surface area contributed by atoms with Gasteiger partial charge in [0.05, 0.1) is 18.8 Å². The molecule has 2 aromatic rings. The lowest BCUT2D eigenvalue weighted by Crippen LogP contribution is -2.42.